The van der Waals surface area contributed by atoms with Crippen LogP contribution in [0.3, 0.4) is 0 Å². The van der Waals surface area contributed by atoms with Crippen LogP contribution in [-0.4, -0.2) is 59.3 Å². The van der Waals surface area contributed by atoms with Gasteiger partial charge >= 0.3 is 0 Å². The number of methoxy groups -OCH3 is 1. The summed E-state index contributed by atoms with van der Waals surface area (Å²) in [7, 11) is 1.60. The second-order valence-corrected chi connectivity index (χ2v) is 9.68. The lowest BCUT2D eigenvalue weighted by Gasteiger charge is -2.31. The maximum Gasteiger partial charge on any atom is 0.234 e. The molecule has 1 aromatic carbocycles. The zero-order valence-corrected chi connectivity index (χ0v) is 20.0. The van der Waals surface area contributed by atoms with Gasteiger partial charge in [0.05, 0.1) is 31.2 Å². The van der Waals surface area contributed by atoms with Crippen LogP contribution in [-0.2, 0) is 16.1 Å². The predicted octanol–water partition coefficient (Wildman–Crippen LogP) is 3.74. The quantitative estimate of drug-likeness (QED) is 0.602. The standard InChI is InChI=1S/C23H33N5O3S/c1-16-8-10-27(11-9-16)22-25-26-23(28(22)14-18-5-4-12-31-18)32-15-21(29)24-19-13-17(2)6-7-20(19)30-3/h6-7,13,16,18H,4-5,8-12,14-15H2,1-3H3,(H,24,29)/t18-/m1/s1. The number of hydrogen-bond donors (Lipinski definition) is 1. The molecule has 0 bridgehead atoms. The highest BCUT2D eigenvalue weighted by atomic mass is 32.2. The molecule has 3 heterocycles. The molecule has 2 aliphatic heterocycles. The molecule has 2 fully saturated rings. The highest BCUT2D eigenvalue weighted by Gasteiger charge is 2.26. The number of amides is 1. The van der Waals surface area contributed by atoms with Crippen molar-refractivity contribution in [3.05, 3.63) is 23.8 Å². The second-order valence-electron chi connectivity index (χ2n) is 8.74. The summed E-state index contributed by atoms with van der Waals surface area (Å²) in [5.41, 5.74) is 1.74. The molecule has 0 spiro atoms. The molecule has 1 N–H and O–H groups in total. The maximum absolute atomic E-state index is 12.7. The minimum atomic E-state index is -0.0982. The van der Waals surface area contributed by atoms with Gasteiger partial charge in [0.2, 0.25) is 11.9 Å². The van der Waals surface area contributed by atoms with E-state index < -0.39 is 0 Å². The molecule has 0 radical (unpaired) electrons. The minimum absolute atomic E-state index is 0.0982. The number of piperidine rings is 1. The van der Waals surface area contributed by atoms with Crippen molar-refractivity contribution in [1.29, 1.82) is 0 Å². The van der Waals surface area contributed by atoms with Gasteiger partial charge in [-0.2, -0.15) is 0 Å². The van der Waals surface area contributed by atoms with E-state index in [2.05, 4.69) is 31.9 Å². The third-order valence-electron chi connectivity index (χ3n) is 6.14. The maximum atomic E-state index is 12.7. The smallest absolute Gasteiger partial charge is 0.234 e. The van der Waals surface area contributed by atoms with Gasteiger partial charge in [0.15, 0.2) is 5.16 Å². The Morgan fingerprint density at radius 2 is 2.09 bits per heavy atom. The highest BCUT2D eigenvalue weighted by Crippen LogP contribution is 2.29. The Bertz CT molecular complexity index is 920. The number of rotatable bonds is 8. The Hall–Kier alpha value is -2.26. The average Bonchev–Trinajstić information content (AvgIpc) is 3.44. The van der Waals surface area contributed by atoms with Crippen LogP contribution in [0.2, 0.25) is 0 Å². The van der Waals surface area contributed by atoms with Crippen molar-refractivity contribution in [1.82, 2.24) is 14.8 Å². The van der Waals surface area contributed by atoms with Crippen molar-refractivity contribution in [2.24, 2.45) is 5.92 Å². The molecule has 2 aromatic rings. The number of hydrogen-bond acceptors (Lipinski definition) is 7. The van der Waals surface area contributed by atoms with E-state index in [0.717, 1.165) is 74.5 Å². The fourth-order valence-corrected chi connectivity index (χ4v) is 4.96. The van der Waals surface area contributed by atoms with Crippen molar-refractivity contribution in [3.63, 3.8) is 0 Å². The monoisotopic (exact) mass is 459 g/mol. The number of ether oxygens (including phenoxy) is 2. The average molecular weight is 460 g/mol. The molecule has 2 aliphatic rings. The summed E-state index contributed by atoms with van der Waals surface area (Å²) in [6, 6.07) is 5.73. The van der Waals surface area contributed by atoms with Gasteiger partial charge in [0, 0.05) is 19.7 Å². The summed E-state index contributed by atoms with van der Waals surface area (Å²) in [6.07, 6.45) is 4.64. The summed E-state index contributed by atoms with van der Waals surface area (Å²) >= 11 is 1.42. The van der Waals surface area contributed by atoms with Gasteiger partial charge in [0.1, 0.15) is 5.75 Å². The van der Waals surface area contributed by atoms with Crippen LogP contribution in [0.4, 0.5) is 11.6 Å². The molecular formula is C23H33N5O3S. The third-order valence-corrected chi connectivity index (χ3v) is 7.10. The SMILES string of the molecule is COc1ccc(C)cc1NC(=O)CSc1nnc(N2CCC(C)CC2)n1C[C@H]1CCCO1. The summed E-state index contributed by atoms with van der Waals surface area (Å²) in [6.45, 7) is 7.81. The van der Waals surface area contributed by atoms with Gasteiger partial charge in [-0.15, -0.1) is 10.2 Å². The lowest BCUT2D eigenvalue weighted by atomic mass is 10.00. The number of anilines is 2. The van der Waals surface area contributed by atoms with Crippen molar-refractivity contribution < 1.29 is 14.3 Å². The van der Waals surface area contributed by atoms with Gasteiger partial charge in [0.25, 0.3) is 0 Å². The first-order chi connectivity index (χ1) is 15.5. The summed E-state index contributed by atoms with van der Waals surface area (Å²) in [5.74, 6) is 2.45. The Labute approximate surface area is 194 Å². The molecule has 1 aromatic heterocycles. The summed E-state index contributed by atoms with van der Waals surface area (Å²) in [5, 5.41) is 12.7. The van der Waals surface area contributed by atoms with Crippen molar-refractivity contribution in [2.75, 3.05) is 42.8 Å². The molecular weight excluding hydrogens is 426 g/mol. The van der Waals surface area contributed by atoms with E-state index in [1.165, 1.54) is 11.8 Å². The van der Waals surface area contributed by atoms with E-state index in [-0.39, 0.29) is 17.8 Å². The Balaban J connectivity index is 1.45. The van der Waals surface area contributed by atoms with Crippen LogP contribution in [0.5, 0.6) is 5.75 Å². The van der Waals surface area contributed by atoms with E-state index in [0.29, 0.717) is 11.4 Å². The first-order valence-corrected chi connectivity index (χ1v) is 12.4. The largest absolute Gasteiger partial charge is 0.495 e. The van der Waals surface area contributed by atoms with Gasteiger partial charge < -0.3 is 19.7 Å². The minimum Gasteiger partial charge on any atom is -0.495 e. The van der Waals surface area contributed by atoms with Crippen LogP contribution in [0, 0.1) is 12.8 Å². The molecule has 0 aliphatic carbocycles. The first kappa shape index (κ1) is 22.9. The Morgan fingerprint density at radius 3 is 2.81 bits per heavy atom. The van der Waals surface area contributed by atoms with Crippen molar-refractivity contribution >= 4 is 29.3 Å². The van der Waals surface area contributed by atoms with Gasteiger partial charge in [-0.25, -0.2) is 0 Å². The Kier molecular flexibility index (Phi) is 7.57. The molecule has 32 heavy (non-hydrogen) atoms. The van der Waals surface area contributed by atoms with Crippen LogP contribution in [0.25, 0.3) is 0 Å². The number of carbonyl (C=O) groups is 1. The molecule has 0 unspecified atom stereocenters. The van der Waals surface area contributed by atoms with Crippen LogP contribution < -0.4 is 15.0 Å². The number of benzene rings is 1. The lowest BCUT2D eigenvalue weighted by molar-refractivity contribution is -0.113. The normalized spacial score (nSPS) is 19.3. The zero-order valence-electron chi connectivity index (χ0n) is 19.2. The van der Waals surface area contributed by atoms with E-state index in [9.17, 15) is 4.79 Å². The Morgan fingerprint density at radius 1 is 1.28 bits per heavy atom. The third kappa shape index (κ3) is 5.56. The molecule has 0 saturated carbocycles. The lowest BCUT2D eigenvalue weighted by Crippen LogP contribution is -2.35. The first-order valence-electron chi connectivity index (χ1n) is 11.4. The highest BCUT2D eigenvalue weighted by molar-refractivity contribution is 7.99. The zero-order chi connectivity index (χ0) is 22.5. The fourth-order valence-electron chi connectivity index (χ4n) is 4.22. The second kappa shape index (κ2) is 10.6. The predicted molar refractivity (Wildman–Crippen MR) is 127 cm³/mol. The van der Waals surface area contributed by atoms with Crippen LogP contribution in [0.15, 0.2) is 23.4 Å². The number of nitrogens with one attached hydrogen (secondary N) is 1. The number of aromatic nitrogens is 3. The van der Waals surface area contributed by atoms with Gasteiger partial charge in [-0.3, -0.25) is 9.36 Å². The van der Waals surface area contributed by atoms with E-state index in [1.54, 1.807) is 7.11 Å². The van der Waals surface area contributed by atoms with Gasteiger partial charge in [-0.05, 0) is 56.2 Å². The fraction of sp³-hybridized carbons (Fsp3) is 0.609. The number of thioether (sulfide) groups is 1. The van der Waals surface area contributed by atoms with Crippen LogP contribution >= 0.6 is 11.8 Å². The molecule has 1 amide bonds. The molecule has 174 valence electrons. The van der Waals surface area contributed by atoms with Gasteiger partial charge in [-0.1, -0.05) is 24.8 Å². The van der Waals surface area contributed by atoms with E-state index in [1.807, 2.05) is 25.1 Å². The summed E-state index contributed by atoms with van der Waals surface area (Å²) < 4.78 is 13.4. The van der Waals surface area contributed by atoms with Crippen molar-refractivity contribution in [3.8, 4) is 5.75 Å². The van der Waals surface area contributed by atoms with E-state index in [4.69, 9.17) is 9.47 Å². The molecule has 1 atom stereocenters. The number of carbonyl (C=O) groups excluding carboxylic acids is 1. The molecule has 8 nitrogen and oxygen atoms in total. The topological polar surface area (TPSA) is 81.5 Å². The molecule has 9 heteroatoms. The van der Waals surface area contributed by atoms with E-state index >= 15 is 0 Å². The molecule has 4 rings (SSSR count). The number of aryl methyl sites for hydroxylation is 1. The van der Waals surface area contributed by atoms with Crippen LogP contribution in [0.1, 0.15) is 38.2 Å². The number of nitrogens with zero attached hydrogens (tertiary/aromatic N) is 4. The molecule has 2 saturated heterocycles. The summed E-state index contributed by atoms with van der Waals surface area (Å²) in [4.78, 5) is 15.0. The van der Waals surface area contributed by atoms with Crippen molar-refractivity contribution in [2.45, 2.75) is 57.3 Å².